The van der Waals surface area contributed by atoms with Gasteiger partial charge in [-0.3, -0.25) is 4.79 Å². The van der Waals surface area contributed by atoms with Gasteiger partial charge in [0.15, 0.2) is 0 Å². The van der Waals surface area contributed by atoms with Gasteiger partial charge in [0.1, 0.15) is 0 Å². The predicted octanol–water partition coefficient (Wildman–Crippen LogP) is 2.46. The number of benzene rings is 1. The van der Waals surface area contributed by atoms with Gasteiger partial charge in [-0.25, -0.2) is 0 Å². The van der Waals surface area contributed by atoms with Crippen LogP contribution in [0.5, 0.6) is 0 Å². The normalized spacial score (nSPS) is 12.5. The van der Waals surface area contributed by atoms with Crippen molar-refractivity contribution in [1.29, 1.82) is 0 Å². The van der Waals surface area contributed by atoms with E-state index in [1.54, 1.807) is 0 Å². The molecule has 0 aromatic heterocycles. The maximum Gasteiger partial charge on any atom is 0.251 e. The highest BCUT2D eigenvalue weighted by Gasteiger charge is 2.09. The van der Waals surface area contributed by atoms with Gasteiger partial charge in [-0.15, -0.1) is 0 Å². The van der Waals surface area contributed by atoms with Gasteiger partial charge in [-0.1, -0.05) is 25.1 Å². The van der Waals surface area contributed by atoms with Crippen LogP contribution in [0.15, 0.2) is 24.3 Å². The fourth-order valence-electron chi connectivity index (χ4n) is 1.80. The van der Waals surface area contributed by atoms with Crippen LogP contribution in [-0.2, 0) is 0 Å². The third kappa shape index (κ3) is 4.15. The number of nitrogens with one attached hydrogen (secondary N) is 1. The van der Waals surface area contributed by atoms with Gasteiger partial charge in [0.2, 0.25) is 0 Å². The molecular formula is C15H24N2O. The molecule has 3 nitrogen and oxygen atoms in total. The first-order valence-electron chi connectivity index (χ1n) is 6.60. The van der Waals surface area contributed by atoms with Crippen LogP contribution in [0.1, 0.15) is 36.2 Å². The van der Waals surface area contributed by atoms with E-state index >= 15 is 0 Å². The molecule has 0 spiro atoms. The van der Waals surface area contributed by atoms with Gasteiger partial charge in [-0.05, 0) is 38.9 Å². The highest BCUT2D eigenvalue weighted by Crippen LogP contribution is 2.06. The van der Waals surface area contributed by atoms with Crippen LogP contribution >= 0.6 is 0 Å². The Hall–Kier alpha value is -1.35. The lowest BCUT2D eigenvalue weighted by Gasteiger charge is -2.23. The molecule has 100 valence electrons. The smallest absolute Gasteiger partial charge is 0.251 e. The monoisotopic (exact) mass is 248 g/mol. The quantitative estimate of drug-likeness (QED) is 0.838. The van der Waals surface area contributed by atoms with Crippen LogP contribution in [0.3, 0.4) is 0 Å². The molecular weight excluding hydrogens is 224 g/mol. The summed E-state index contributed by atoms with van der Waals surface area (Å²) in [6, 6.07) is 8.22. The van der Waals surface area contributed by atoms with E-state index in [0.29, 0.717) is 12.6 Å². The van der Waals surface area contributed by atoms with E-state index in [4.69, 9.17) is 0 Å². The molecule has 0 fully saturated rings. The Labute approximate surface area is 110 Å². The zero-order chi connectivity index (χ0) is 13.5. The Morgan fingerprint density at radius 2 is 2.06 bits per heavy atom. The summed E-state index contributed by atoms with van der Waals surface area (Å²) in [6.07, 6.45) is 1.13. The first-order valence-corrected chi connectivity index (χ1v) is 6.60. The topological polar surface area (TPSA) is 32.3 Å². The Morgan fingerprint density at radius 1 is 1.39 bits per heavy atom. The molecule has 0 saturated carbocycles. The third-order valence-electron chi connectivity index (χ3n) is 3.48. The third-order valence-corrected chi connectivity index (χ3v) is 3.48. The molecule has 1 aromatic carbocycles. The summed E-state index contributed by atoms with van der Waals surface area (Å²) < 4.78 is 0. The Kier molecular flexibility index (Phi) is 5.86. The lowest BCUT2D eigenvalue weighted by atomic mass is 10.1. The van der Waals surface area contributed by atoms with Crippen molar-refractivity contribution in [3.8, 4) is 0 Å². The van der Waals surface area contributed by atoms with Crippen molar-refractivity contribution in [1.82, 2.24) is 10.2 Å². The summed E-state index contributed by atoms with van der Waals surface area (Å²) in [4.78, 5) is 14.2. The summed E-state index contributed by atoms with van der Waals surface area (Å²) in [5.74, 6) is 0.0191. The Bertz CT molecular complexity index is 390. The number of hydrogen-bond acceptors (Lipinski definition) is 2. The standard InChI is InChI=1S/C15H24N2O/c1-5-13(3)17(4)11-10-16-15(18)14-9-7-6-8-12(14)2/h6-9,13H,5,10-11H2,1-4H3,(H,16,18). The van der Waals surface area contributed by atoms with Crippen molar-refractivity contribution in [2.75, 3.05) is 20.1 Å². The summed E-state index contributed by atoms with van der Waals surface area (Å²) in [5.41, 5.74) is 1.79. The molecule has 0 aliphatic carbocycles. The van der Waals surface area contributed by atoms with E-state index in [1.807, 2.05) is 31.2 Å². The van der Waals surface area contributed by atoms with E-state index in [2.05, 4.69) is 31.1 Å². The van der Waals surface area contributed by atoms with Crippen LogP contribution in [0.25, 0.3) is 0 Å². The Balaban J connectivity index is 2.41. The number of hydrogen-bond donors (Lipinski definition) is 1. The van der Waals surface area contributed by atoms with Gasteiger partial charge in [0, 0.05) is 24.7 Å². The first kappa shape index (κ1) is 14.7. The minimum Gasteiger partial charge on any atom is -0.351 e. The van der Waals surface area contributed by atoms with Gasteiger partial charge >= 0.3 is 0 Å². The Morgan fingerprint density at radius 3 is 2.67 bits per heavy atom. The molecule has 1 N–H and O–H groups in total. The largest absolute Gasteiger partial charge is 0.351 e. The van der Waals surface area contributed by atoms with Crippen LogP contribution in [-0.4, -0.2) is 37.0 Å². The summed E-state index contributed by atoms with van der Waals surface area (Å²) in [6.45, 7) is 7.90. The minimum atomic E-state index is 0.0191. The number of amides is 1. The fourth-order valence-corrected chi connectivity index (χ4v) is 1.80. The van der Waals surface area contributed by atoms with Crippen molar-refractivity contribution in [2.45, 2.75) is 33.2 Å². The lowest BCUT2D eigenvalue weighted by molar-refractivity contribution is 0.0947. The fraction of sp³-hybridized carbons (Fsp3) is 0.533. The number of carbonyl (C=O) groups is 1. The van der Waals surface area contributed by atoms with Gasteiger partial charge < -0.3 is 10.2 Å². The van der Waals surface area contributed by atoms with Crippen molar-refractivity contribution in [3.63, 3.8) is 0 Å². The average molecular weight is 248 g/mol. The molecule has 0 radical (unpaired) electrons. The highest BCUT2D eigenvalue weighted by atomic mass is 16.1. The molecule has 18 heavy (non-hydrogen) atoms. The number of likely N-dealkylation sites (N-methyl/N-ethyl adjacent to an activating group) is 1. The van der Waals surface area contributed by atoms with E-state index in [-0.39, 0.29) is 5.91 Å². The van der Waals surface area contributed by atoms with Crippen molar-refractivity contribution >= 4 is 5.91 Å². The maximum atomic E-state index is 12.0. The molecule has 0 aliphatic rings. The first-order chi connectivity index (χ1) is 8.56. The number of aryl methyl sites for hydroxylation is 1. The summed E-state index contributed by atoms with van der Waals surface area (Å²) in [5, 5.41) is 2.97. The predicted molar refractivity (Wildman–Crippen MR) is 75.9 cm³/mol. The molecule has 3 heteroatoms. The maximum absolute atomic E-state index is 12.0. The van der Waals surface area contributed by atoms with Gasteiger partial charge in [-0.2, -0.15) is 0 Å². The van der Waals surface area contributed by atoms with E-state index in [0.717, 1.165) is 24.1 Å². The number of nitrogens with zero attached hydrogens (tertiary/aromatic N) is 1. The van der Waals surface area contributed by atoms with Crippen molar-refractivity contribution in [3.05, 3.63) is 35.4 Å². The van der Waals surface area contributed by atoms with Crippen LogP contribution in [0.4, 0.5) is 0 Å². The number of carbonyl (C=O) groups excluding carboxylic acids is 1. The van der Waals surface area contributed by atoms with Crippen molar-refractivity contribution < 1.29 is 4.79 Å². The summed E-state index contributed by atoms with van der Waals surface area (Å²) in [7, 11) is 2.09. The molecule has 0 heterocycles. The van der Waals surface area contributed by atoms with E-state index in [1.165, 1.54) is 0 Å². The second-order valence-electron chi connectivity index (χ2n) is 4.81. The molecule has 0 aliphatic heterocycles. The number of rotatable bonds is 6. The molecule has 1 unspecified atom stereocenters. The minimum absolute atomic E-state index is 0.0191. The van der Waals surface area contributed by atoms with Gasteiger partial charge in [0.25, 0.3) is 5.91 Å². The van der Waals surface area contributed by atoms with Crippen LogP contribution in [0, 0.1) is 6.92 Å². The second kappa shape index (κ2) is 7.17. The van der Waals surface area contributed by atoms with Crippen LogP contribution < -0.4 is 5.32 Å². The molecule has 1 aromatic rings. The molecule has 1 amide bonds. The van der Waals surface area contributed by atoms with Crippen LogP contribution in [0.2, 0.25) is 0 Å². The molecule has 1 atom stereocenters. The second-order valence-corrected chi connectivity index (χ2v) is 4.81. The highest BCUT2D eigenvalue weighted by molar-refractivity contribution is 5.95. The summed E-state index contributed by atoms with van der Waals surface area (Å²) >= 11 is 0. The zero-order valence-electron chi connectivity index (χ0n) is 11.9. The zero-order valence-corrected chi connectivity index (χ0v) is 11.9. The van der Waals surface area contributed by atoms with E-state index < -0.39 is 0 Å². The SMILES string of the molecule is CCC(C)N(C)CCNC(=O)c1ccccc1C. The van der Waals surface area contributed by atoms with Crippen molar-refractivity contribution in [2.24, 2.45) is 0 Å². The average Bonchev–Trinajstić information content (AvgIpc) is 2.37. The van der Waals surface area contributed by atoms with E-state index in [9.17, 15) is 4.79 Å². The molecule has 1 rings (SSSR count). The molecule has 0 saturated heterocycles. The lowest BCUT2D eigenvalue weighted by Crippen LogP contribution is -2.37. The van der Waals surface area contributed by atoms with Gasteiger partial charge in [0.05, 0.1) is 0 Å². The molecule has 0 bridgehead atoms.